The summed E-state index contributed by atoms with van der Waals surface area (Å²) in [7, 11) is 10.7. The van der Waals surface area contributed by atoms with Crippen LogP contribution in [-0.4, -0.2) is 44.2 Å². The summed E-state index contributed by atoms with van der Waals surface area (Å²) in [5, 5.41) is 0. The van der Waals surface area contributed by atoms with Gasteiger partial charge in [-0.25, -0.2) is 0 Å². The van der Waals surface area contributed by atoms with Crippen molar-refractivity contribution in [1.82, 2.24) is 0 Å². The van der Waals surface area contributed by atoms with Gasteiger partial charge < -0.3 is 23.3 Å². The van der Waals surface area contributed by atoms with Crippen LogP contribution in [-0.2, 0) is 13.1 Å². The fraction of sp³-hybridized carbons (Fsp3) is 0.527. The van der Waals surface area contributed by atoms with Gasteiger partial charge in [0.2, 0.25) is 0 Å². The minimum Gasteiger partial charge on any atom is -1.00 e. The molecule has 4 atom stereocenters. The Kier molecular flexibility index (Phi) is 27.3. The van der Waals surface area contributed by atoms with E-state index in [1.165, 1.54) is 65.5 Å². The summed E-state index contributed by atoms with van der Waals surface area (Å²) in [6.07, 6.45) is 14.7. The molecule has 0 radical (unpaired) electrons. The molecule has 0 fully saturated rings. The van der Waals surface area contributed by atoms with Crippen LogP contribution in [0.3, 0.4) is 0 Å². The molecule has 2 nitrogen and oxygen atoms in total. The molecule has 0 amide bonds. The summed E-state index contributed by atoms with van der Waals surface area (Å²) < 4.78 is 1.43. The van der Waals surface area contributed by atoms with E-state index in [4.69, 9.17) is 6.42 Å². The third-order valence-electron chi connectivity index (χ3n) is 11.1. The molecule has 0 saturated heterocycles. The van der Waals surface area contributed by atoms with Crippen molar-refractivity contribution in [2.24, 2.45) is 11.8 Å². The Morgan fingerprint density at radius 3 is 1.02 bits per heavy atom. The van der Waals surface area contributed by atoms with Crippen LogP contribution < -0.4 is 12.4 Å². The Bertz CT molecular complexity index is 1600. The fourth-order valence-electron chi connectivity index (χ4n) is 6.60. The van der Waals surface area contributed by atoms with Gasteiger partial charge >= 0.3 is 0 Å². The number of hydrogen-bond acceptors (Lipinski definition) is 0. The predicted octanol–water partition coefficient (Wildman–Crippen LogP) is 12.2. The molecule has 0 bridgehead atoms. The van der Waals surface area contributed by atoms with Crippen LogP contribution >= 0.6 is 0 Å². The number of quaternary nitrogens is 2. The maximum atomic E-state index is 7.38. The van der Waals surface area contributed by atoms with Crippen molar-refractivity contribution >= 4 is 0 Å². The van der Waals surface area contributed by atoms with Gasteiger partial charge in [0.05, 0.1) is 35.2 Å². The highest BCUT2D eigenvalue weighted by molar-refractivity contribution is 5.28. The second-order valence-corrected chi connectivity index (χ2v) is 18.8. The van der Waals surface area contributed by atoms with Gasteiger partial charge in [-0.3, -0.25) is 4.48 Å². The van der Waals surface area contributed by atoms with Crippen LogP contribution in [0.5, 0.6) is 0 Å². The van der Waals surface area contributed by atoms with E-state index in [1.54, 1.807) is 0 Å². The molecule has 0 aromatic heterocycles. The van der Waals surface area contributed by atoms with Gasteiger partial charge in [0, 0.05) is 11.1 Å². The first-order valence-electron chi connectivity index (χ1n) is 22.2. The molecular weight excluding hydrogens is 724 g/mol. The Labute approximate surface area is 366 Å². The van der Waals surface area contributed by atoms with Crippen LogP contribution in [0.1, 0.15) is 165 Å². The molecule has 0 spiro atoms. The fourth-order valence-corrected chi connectivity index (χ4v) is 6.60. The second-order valence-electron chi connectivity index (χ2n) is 18.8. The molecule has 58 heavy (non-hydrogen) atoms. The molecule has 0 saturated carbocycles. The molecular formula is C55H85ClN2. The van der Waals surface area contributed by atoms with Crippen LogP contribution in [0, 0.1) is 24.3 Å². The lowest BCUT2D eigenvalue weighted by atomic mass is 9.84. The first-order chi connectivity index (χ1) is 26.9. The van der Waals surface area contributed by atoms with Crippen molar-refractivity contribution in [3.63, 3.8) is 0 Å². The topological polar surface area (TPSA) is 0 Å². The highest BCUT2D eigenvalue weighted by Crippen LogP contribution is 2.33. The summed E-state index contributed by atoms with van der Waals surface area (Å²) in [4.78, 5) is 0. The number of benzene rings is 4. The summed E-state index contributed by atoms with van der Waals surface area (Å²) in [5.74, 6) is 4.17. The maximum Gasteiger partial charge on any atom is 0.114 e. The van der Waals surface area contributed by atoms with Crippen LogP contribution in [0.2, 0.25) is 0 Å². The molecule has 4 unspecified atom stereocenters. The third-order valence-corrected chi connectivity index (χ3v) is 11.1. The van der Waals surface area contributed by atoms with Crippen molar-refractivity contribution < 1.29 is 21.4 Å². The van der Waals surface area contributed by atoms with E-state index in [0.29, 0.717) is 28.2 Å². The van der Waals surface area contributed by atoms with E-state index in [-0.39, 0.29) is 12.4 Å². The number of rotatable bonds is 16. The van der Waals surface area contributed by atoms with E-state index in [0.717, 1.165) is 35.8 Å². The number of halogens is 1. The second kappa shape index (κ2) is 29.0. The Morgan fingerprint density at radius 2 is 0.759 bits per heavy atom. The largest absolute Gasteiger partial charge is 1.00 e. The number of nitrogens with zero attached hydrogens (tertiary/aromatic N) is 2. The average molecular weight is 810 g/mol. The Morgan fingerprint density at radius 1 is 0.448 bits per heavy atom. The summed E-state index contributed by atoms with van der Waals surface area (Å²) >= 11 is 0. The molecule has 0 aliphatic rings. The molecule has 0 aliphatic carbocycles. The third kappa shape index (κ3) is 23.3. The lowest BCUT2D eigenvalue weighted by Gasteiger charge is -2.26. The van der Waals surface area contributed by atoms with Gasteiger partial charge in [-0.1, -0.05) is 191 Å². The zero-order valence-corrected chi connectivity index (χ0v) is 40.5. The molecule has 0 aliphatic heterocycles. The van der Waals surface area contributed by atoms with Gasteiger partial charge in [0.1, 0.15) is 13.1 Å². The minimum atomic E-state index is 0. The lowest BCUT2D eigenvalue weighted by molar-refractivity contribution is -0.884. The molecule has 3 heteroatoms. The maximum absolute atomic E-state index is 7.38. The highest BCUT2D eigenvalue weighted by atomic mass is 35.5. The van der Waals surface area contributed by atoms with E-state index in [2.05, 4.69) is 206 Å². The van der Waals surface area contributed by atoms with Crippen molar-refractivity contribution in [2.45, 2.75) is 145 Å². The molecule has 0 heterocycles. The quantitative estimate of drug-likeness (QED) is 0.0601. The minimum absolute atomic E-state index is 0. The van der Waals surface area contributed by atoms with E-state index in [9.17, 15) is 0 Å². The molecule has 322 valence electrons. The summed E-state index contributed by atoms with van der Waals surface area (Å²) in [6, 6.07) is 42.5. The van der Waals surface area contributed by atoms with Gasteiger partial charge in [-0.15, -0.1) is 6.04 Å². The van der Waals surface area contributed by atoms with Gasteiger partial charge in [0.25, 0.3) is 0 Å². The SMILES string of the molecule is CCC(C)C.CCC(C)C.CCC(CC(C)c1ccccc1)c1ccc(C[N+](C)(C)C)cc1.[C-]#C[N+](C)(C)Cc1ccc(C(CC)CC(C)c2ccccc2)cc1.[Cl-]. The van der Waals surface area contributed by atoms with E-state index < -0.39 is 0 Å². The zero-order valence-electron chi connectivity index (χ0n) is 39.8. The smallest absolute Gasteiger partial charge is 0.114 e. The normalized spacial score (nSPS) is 13.2. The van der Waals surface area contributed by atoms with Gasteiger partial charge in [0.15, 0.2) is 0 Å². The first kappa shape index (κ1) is 54.6. The molecule has 0 N–H and O–H groups in total. The Balaban J connectivity index is 0.000000896. The predicted molar refractivity (Wildman–Crippen MR) is 253 cm³/mol. The lowest BCUT2D eigenvalue weighted by Crippen LogP contribution is -3.00. The monoisotopic (exact) mass is 809 g/mol. The molecule has 4 aromatic rings. The van der Waals surface area contributed by atoms with Crippen molar-refractivity contribution in [2.75, 3.05) is 35.2 Å². The summed E-state index contributed by atoms with van der Waals surface area (Å²) in [5.41, 5.74) is 8.47. The molecule has 4 aromatic carbocycles. The standard InChI is InChI=1S/C23H29N.C22H32N.2C5H12.ClH/c1-6-21(17-19(3)22-11-9-8-10-12-22)23-15-13-20(14-16-23)18-24(4,5)7-2;1-6-20(16-18(2)21-10-8-7-9-11-21)22-14-12-19(13-15-22)17-23(3,4)5;2*1-4-5(2)3;/h8-16,19,21H,6,17-18H2,1,3-5H3;7-15,18,20H,6,16-17H2,1-5H3;2*5H,4H2,1-3H3;1H/q;+1;;;/p-1. The zero-order chi connectivity index (χ0) is 43.0. The van der Waals surface area contributed by atoms with Crippen LogP contribution in [0.15, 0.2) is 109 Å². The van der Waals surface area contributed by atoms with Gasteiger partial charge in [-0.2, -0.15) is 0 Å². The van der Waals surface area contributed by atoms with Crippen LogP contribution in [0.4, 0.5) is 0 Å². The van der Waals surface area contributed by atoms with E-state index in [1.807, 2.05) is 14.1 Å². The van der Waals surface area contributed by atoms with Crippen molar-refractivity contribution in [3.8, 4) is 6.04 Å². The average Bonchev–Trinajstić information content (AvgIpc) is 3.20. The van der Waals surface area contributed by atoms with Crippen molar-refractivity contribution in [3.05, 3.63) is 149 Å². The highest BCUT2D eigenvalue weighted by Gasteiger charge is 2.18. The Hall–Kier alpha value is -3.35. The number of hydrogen-bond donors (Lipinski definition) is 0. The van der Waals surface area contributed by atoms with Crippen LogP contribution in [0.25, 0.3) is 0 Å². The van der Waals surface area contributed by atoms with E-state index >= 15 is 0 Å². The molecule has 4 rings (SSSR count). The van der Waals surface area contributed by atoms with Gasteiger partial charge in [-0.05, 0) is 83.4 Å². The first-order valence-corrected chi connectivity index (χ1v) is 22.2. The summed E-state index contributed by atoms with van der Waals surface area (Å²) in [6.45, 7) is 24.4. The van der Waals surface area contributed by atoms with Crippen molar-refractivity contribution in [1.29, 1.82) is 0 Å².